The van der Waals surface area contributed by atoms with Crippen LogP contribution in [0.3, 0.4) is 0 Å². The topological polar surface area (TPSA) is 64.6 Å². The van der Waals surface area contributed by atoms with Crippen molar-refractivity contribution in [3.8, 4) is 5.75 Å². The molecule has 1 amide bonds. The van der Waals surface area contributed by atoms with Gasteiger partial charge < -0.3 is 14.8 Å². The van der Waals surface area contributed by atoms with Crippen molar-refractivity contribution in [3.63, 3.8) is 0 Å². The van der Waals surface area contributed by atoms with Crippen molar-refractivity contribution in [1.29, 1.82) is 0 Å². The molecule has 0 heterocycles. The van der Waals surface area contributed by atoms with Crippen LogP contribution in [-0.2, 0) is 20.9 Å². The second kappa shape index (κ2) is 11.1. The van der Waals surface area contributed by atoms with Gasteiger partial charge in [-0.05, 0) is 35.4 Å². The van der Waals surface area contributed by atoms with E-state index in [4.69, 9.17) is 9.47 Å². The molecule has 0 aromatic heterocycles. The number of methoxy groups -OCH3 is 1. The van der Waals surface area contributed by atoms with Gasteiger partial charge in [0.15, 0.2) is 6.61 Å². The lowest BCUT2D eigenvalue weighted by atomic mass is 10.1. The second-order valence-electron chi connectivity index (χ2n) is 6.45. The molecule has 0 saturated carbocycles. The highest BCUT2D eigenvalue weighted by atomic mass is 32.2. The highest BCUT2D eigenvalue weighted by Gasteiger charge is 2.24. The summed E-state index contributed by atoms with van der Waals surface area (Å²) in [6.07, 6.45) is 0. The molecule has 3 rings (SSSR count). The van der Waals surface area contributed by atoms with E-state index in [0.717, 1.165) is 21.8 Å². The van der Waals surface area contributed by atoms with E-state index in [0.29, 0.717) is 6.54 Å². The molecule has 30 heavy (non-hydrogen) atoms. The van der Waals surface area contributed by atoms with Gasteiger partial charge in [-0.2, -0.15) is 0 Å². The normalized spacial score (nSPS) is 11.4. The van der Waals surface area contributed by atoms with Gasteiger partial charge in [-0.3, -0.25) is 9.59 Å². The van der Waals surface area contributed by atoms with Crippen LogP contribution in [0.1, 0.15) is 16.4 Å². The van der Waals surface area contributed by atoms with Gasteiger partial charge >= 0.3 is 5.97 Å². The summed E-state index contributed by atoms with van der Waals surface area (Å²) in [6.45, 7) is 0.0227. The first-order chi connectivity index (χ1) is 14.7. The molecule has 154 valence electrons. The summed E-state index contributed by atoms with van der Waals surface area (Å²) in [5, 5.41) is 2.20. The maximum absolute atomic E-state index is 12.8. The van der Waals surface area contributed by atoms with Crippen molar-refractivity contribution in [2.24, 2.45) is 0 Å². The molecule has 1 atom stereocenters. The Morgan fingerprint density at radius 2 is 1.53 bits per heavy atom. The van der Waals surface area contributed by atoms with E-state index in [2.05, 4.69) is 5.32 Å². The number of amides is 1. The molecule has 0 fully saturated rings. The number of carbonyl (C=O) groups excluding carboxylic acids is 2. The van der Waals surface area contributed by atoms with Gasteiger partial charge in [-0.25, -0.2) is 0 Å². The van der Waals surface area contributed by atoms with Crippen molar-refractivity contribution in [1.82, 2.24) is 5.32 Å². The number of esters is 1. The summed E-state index contributed by atoms with van der Waals surface area (Å²) in [6, 6.07) is 26.4. The molecular formula is C24H23NO4S. The minimum Gasteiger partial charge on any atom is -0.497 e. The number of ether oxygens (including phenoxy) is 2. The molecule has 5 nitrogen and oxygen atoms in total. The lowest BCUT2D eigenvalue weighted by molar-refractivity contribution is -0.148. The van der Waals surface area contributed by atoms with Crippen LogP contribution in [0, 0.1) is 0 Å². The fourth-order valence-electron chi connectivity index (χ4n) is 2.72. The first-order valence-corrected chi connectivity index (χ1v) is 10.4. The van der Waals surface area contributed by atoms with Crippen LogP contribution >= 0.6 is 11.8 Å². The van der Waals surface area contributed by atoms with E-state index in [1.165, 1.54) is 11.8 Å². The van der Waals surface area contributed by atoms with E-state index in [1.54, 1.807) is 7.11 Å². The van der Waals surface area contributed by atoms with Gasteiger partial charge in [-0.1, -0.05) is 60.7 Å². The van der Waals surface area contributed by atoms with Crippen LogP contribution in [0.5, 0.6) is 5.75 Å². The number of benzene rings is 3. The molecule has 0 radical (unpaired) electrons. The molecule has 3 aromatic carbocycles. The quantitative estimate of drug-likeness (QED) is 0.410. The third-order valence-electron chi connectivity index (χ3n) is 4.31. The zero-order chi connectivity index (χ0) is 21.2. The van der Waals surface area contributed by atoms with Crippen LogP contribution in [0.25, 0.3) is 0 Å². The van der Waals surface area contributed by atoms with Gasteiger partial charge in [0.2, 0.25) is 0 Å². The van der Waals surface area contributed by atoms with Crippen molar-refractivity contribution in [2.75, 3.05) is 13.7 Å². The predicted octanol–water partition coefficient (Wildman–Crippen LogP) is 4.39. The average molecular weight is 422 g/mol. The molecule has 1 N–H and O–H groups in total. The molecule has 0 aliphatic rings. The Morgan fingerprint density at radius 3 is 2.17 bits per heavy atom. The Labute approximate surface area is 180 Å². The average Bonchev–Trinajstić information content (AvgIpc) is 2.81. The highest BCUT2D eigenvalue weighted by Crippen LogP contribution is 2.36. The first kappa shape index (κ1) is 21.5. The molecule has 0 saturated heterocycles. The van der Waals surface area contributed by atoms with Crippen molar-refractivity contribution < 1.29 is 19.1 Å². The number of carbonyl (C=O) groups is 2. The largest absolute Gasteiger partial charge is 0.497 e. The minimum atomic E-state index is -0.553. The van der Waals surface area contributed by atoms with E-state index in [1.807, 2.05) is 84.9 Å². The Morgan fingerprint density at radius 1 is 0.900 bits per heavy atom. The smallest absolute Gasteiger partial charge is 0.324 e. The molecule has 0 aliphatic carbocycles. The summed E-state index contributed by atoms with van der Waals surface area (Å²) in [5.74, 6) is -0.0489. The standard InChI is InChI=1S/C24H23NO4S/c1-28-20-14-12-18(13-15-20)16-25-22(26)17-29-24(27)23(19-8-4-2-5-9-19)30-21-10-6-3-7-11-21/h2-15,23H,16-17H2,1H3,(H,25,26)/t23-/m1/s1. The van der Waals surface area contributed by atoms with Crippen LogP contribution in [0.15, 0.2) is 89.8 Å². The zero-order valence-corrected chi connectivity index (χ0v) is 17.4. The van der Waals surface area contributed by atoms with Crippen LogP contribution in [0.2, 0.25) is 0 Å². The maximum atomic E-state index is 12.8. The van der Waals surface area contributed by atoms with E-state index >= 15 is 0 Å². The van der Waals surface area contributed by atoms with Gasteiger partial charge in [-0.15, -0.1) is 11.8 Å². The second-order valence-corrected chi connectivity index (χ2v) is 7.63. The van der Waals surface area contributed by atoms with Gasteiger partial charge in [0.1, 0.15) is 11.0 Å². The third-order valence-corrected chi connectivity index (χ3v) is 5.55. The molecule has 6 heteroatoms. The number of thioether (sulfide) groups is 1. The summed E-state index contributed by atoms with van der Waals surface area (Å²) >= 11 is 1.40. The fourth-order valence-corrected chi connectivity index (χ4v) is 3.77. The number of hydrogen-bond acceptors (Lipinski definition) is 5. The van der Waals surface area contributed by atoms with E-state index in [-0.39, 0.29) is 12.5 Å². The van der Waals surface area contributed by atoms with Gasteiger partial charge in [0.05, 0.1) is 7.11 Å². The summed E-state index contributed by atoms with van der Waals surface area (Å²) in [5.41, 5.74) is 1.76. The Bertz CT molecular complexity index is 946. The monoisotopic (exact) mass is 421 g/mol. The Balaban J connectivity index is 1.56. The summed E-state index contributed by atoms with van der Waals surface area (Å²) in [4.78, 5) is 25.9. The summed E-state index contributed by atoms with van der Waals surface area (Å²) < 4.78 is 10.4. The highest BCUT2D eigenvalue weighted by molar-refractivity contribution is 8.00. The maximum Gasteiger partial charge on any atom is 0.324 e. The predicted molar refractivity (Wildman–Crippen MR) is 117 cm³/mol. The lowest BCUT2D eigenvalue weighted by Crippen LogP contribution is -2.29. The zero-order valence-electron chi connectivity index (χ0n) is 16.6. The number of nitrogens with one attached hydrogen (secondary N) is 1. The minimum absolute atomic E-state index is 0.326. The van der Waals surface area contributed by atoms with Crippen LogP contribution in [0.4, 0.5) is 0 Å². The molecule has 0 bridgehead atoms. The number of hydrogen-bond donors (Lipinski definition) is 1. The SMILES string of the molecule is COc1ccc(CNC(=O)COC(=O)[C@H](Sc2ccccc2)c2ccccc2)cc1. The molecule has 0 aliphatic heterocycles. The van der Waals surface area contributed by atoms with Gasteiger partial charge in [0.25, 0.3) is 5.91 Å². The van der Waals surface area contributed by atoms with Crippen molar-refractivity contribution in [2.45, 2.75) is 16.7 Å². The molecular weight excluding hydrogens is 398 g/mol. The fraction of sp³-hybridized carbons (Fsp3) is 0.167. The Kier molecular flexibility index (Phi) is 7.92. The van der Waals surface area contributed by atoms with Crippen molar-refractivity contribution >= 4 is 23.6 Å². The molecule has 3 aromatic rings. The molecule has 0 spiro atoms. The Hall–Kier alpha value is -3.25. The third kappa shape index (κ3) is 6.39. The number of rotatable bonds is 9. The van der Waals surface area contributed by atoms with Crippen LogP contribution in [-0.4, -0.2) is 25.6 Å². The summed E-state index contributed by atoms with van der Waals surface area (Å²) in [7, 11) is 1.60. The van der Waals surface area contributed by atoms with Crippen LogP contribution < -0.4 is 10.1 Å². The first-order valence-electron chi connectivity index (χ1n) is 9.48. The van der Waals surface area contributed by atoms with Gasteiger partial charge in [0, 0.05) is 11.4 Å². The lowest BCUT2D eigenvalue weighted by Gasteiger charge is -2.16. The van der Waals surface area contributed by atoms with E-state index in [9.17, 15) is 9.59 Å². The van der Waals surface area contributed by atoms with E-state index < -0.39 is 11.2 Å². The van der Waals surface area contributed by atoms with Crippen molar-refractivity contribution in [3.05, 3.63) is 96.1 Å². The molecule has 0 unspecified atom stereocenters.